The molecule has 0 heterocycles. The van der Waals surface area contributed by atoms with E-state index in [1.54, 1.807) is 7.11 Å². The third-order valence-electron chi connectivity index (χ3n) is 1.87. The number of rotatable bonds is 3. The van der Waals surface area contributed by atoms with Gasteiger partial charge in [0, 0.05) is 12.5 Å². The van der Waals surface area contributed by atoms with E-state index in [0.717, 1.165) is 15.8 Å². The summed E-state index contributed by atoms with van der Waals surface area (Å²) in [6, 6.07) is 5.66. The Bertz CT molecular complexity index is 286. The Morgan fingerprint density at radius 1 is 1.62 bits per heavy atom. The van der Waals surface area contributed by atoms with Crippen LogP contribution < -0.4 is 4.74 Å². The van der Waals surface area contributed by atoms with Crippen LogP contribution in [-0.4, -0.2) is 18.8 Å². The summed E-state index contributed by atoms with van der Waals surface area (Å²) in [7, 11) is 1.61. The number of ether oxygens (including phenoxy) is 1. The average Bonchev–Trinajstić information content (AvgIpc) is 2.17. The van der Waals surface area contributed by atoms with Crippen molar-refractivity contribution in [3.8, 4) is 5.75 Å². The lowest BCUT2D eigenvalue weighted by Crippen LogP contribution is -2.01. The van der Waals surface area contributed by atoms with Gasteiger partial charge in [0.2, 0.25) is 0 Å². The standard InChI is InChI=1S/C10H12BrO2/c1-7(6-12)8-4-3-5-9(13-2)10(8)11/h3-5,7,12H,1,6H2,2H3. The van der Waals surface area contributed by atoms with Gasteiger partial charge in [0.1, 0.15) is 5.75 Å². The molecule has 1 rings (SSSR count). The van der Waals surface area contributed by atoms with Crippen molar-refractivity contribution in [3.63, 3.8) is 0 Å². The molecular weight excluding hydrogens is 232 g/mol. The van der Waals surface area contributed by atoms with Crippen LogP contribution in [0, 0.1) is 6.92 Å². The van der Waals surface area contributed by atoms with E-state index in [-0.39, 0.29) is 12.5 Å². The summed E-state index contributed by atoms with van der Waals surface area (Å²) in [5.41, 5.74) is 0.960. The van der Waals surface area contributed by atoms with E-state index in [1.807, 2.05) is 18.2 Å². The minimum atomic E-state index is -0.121. The Hall–Kier alpha value is -0.540. The number of benzene rings is 1. The molecule has 0 fully saturated rings. The number of hydrogen-bond donors (Lipinski definition) is 1. The largest absolute Gasteiger partial charge is 0.496 e. The van der Waals surface area contributed by atoms with Crippen LogP contribution in [0.15, 0.2) is 22.7 Å². The van der Waals surface area contributed by atoms with Gasteiger partial charge >= 0.3 is 0 Å². The molecule has 0 aliphatic carbocycles. The number of halogens is 1. The van der Waals surface area contributed by atoms with Crippen LogP contribution in [0.4, 0.5) is 0 Å². The van der Waals surface area contributed by atoms with Gasteiger partial charge in [-0.1, -0.05) is 12.1 Å². The van der Waals surface area contributed by atoms with Crippen molar-refractivity contribution in [1.29, 1.82) is 0 Å². The fourth-order valence-corrected chi connectivity index (χ4v) is 1.85. The molecule has 0 saturated carbocycles. The third kappa shape index (κ3) is 2.23. The zero-order valence-electron chi connectivity index (χ0n) is 7.46. The minimum Gasteiger partial charge on any atom is -0.496 e. The molecule has 0 saturated heterocycles. The molecule has 2 nitrogen and oxygen atoms in total. The molecule has 13 heavy (non-hydrogen) atoms. The van der Waals surface area contributed by atoms with Gasteiger partial charge in [-0.05, 0) is 34.5 Å². The van der Waals surface area contributed by atoms with Crippen LogP contribution in [-0.2, 0) is 0 Å². The van der Waals surface area contributed by atoms with Crippen LogP contribution in [0.25, 0.3) is 0 Å². The van der Waals surface area contributed by atoms with Crippen molar-refractivity contribution in [1.82, 2.24) is 0 Å². The van der Waals surface area contributed by atoms with Crippen LogP contribution >= 0.6 is 15.9 Å². The summed E-state index contributed by atoms with van der Waals surface area (Å²) >= 11 is 3.41. The van der Waals surface area contributed by atoms with Gasteiger partial charge in [-0.2, -0.15) is 0 Å². The lowest BCUT2D eigenvalue weighted by Gasteiger charge is -2.12. The first-order valence-corrected chi connectivity index (χ1v) is 4.76. The zero-order valence-corrected chi connectivity index (χ0v) is 9.04. The van der Waals surface area contributed by atoms with E-state index < -0.39 is 0 Å². The van der Waals surface area contributed by atoms with Crippen LogP contribution in [0.2, 0.25) is 0 Å². The van der Waals surface area contributed by atoms with Gasteiger partial charge in [0.05, 0.1) is 11.6 Å². The van der Waals surface area contributed by atoms with Crippen LogP contribution in [0.3, 0.4) is 0 Å². The molecule has 0 amide bonds. The topological polar surface area (TPSA) is 29.5 Å². The Balaban J connectivity index is 3.08. The minimum absolute atomic E-state index is 0.0335. The second kappa shape index (κ2) is 4.63. The Labute approximate surface area is 86.7 Å². The van der Waals surface area contributed by atoms with Gasteiger partial charge in [0.15, 0.2) is 0 Å². The maximum Gasteiger partial charge on any atom is 0.133 e. The Morgan fingerprint density at radius 3 is 2.85 bits per heavy atom. The number of methoxy groups -OCH3 is 1. The fraction of sp³-hybridized carbons (Fsp3) is 0.300. The van der Waals surface area contributed by atoms with E-state index in [4.69, 9.17) is 9.84 Å². The summed E-state index contributed by atoms with van der Waals surface area (Å²) in [6.45, 7) is 3.86. The highest BCUT2D eigenvalue weighted by Crippen LogP contribution is 2.32. The van der Waals surface area contributed by atoms with E-state index in [2.05, 4.69) is 22.9 Å². The highest BCUT2D eigenvalue weighted by molar-refractivity contribution is 9.10. The van der Waals surface area contributed by atoms with Gasteiger partial charge in [0.25, 0.3) is 0 Å². The van der Waals surface area contributed by atoms with Crippen LogP contribution in [0.5, 0.6) is 5.75 Å². The van der Waals surface area contributed by atoms with Crippen molar-refractivity contribution in [2.24, 2.45) is 0 Å². The van der Waals surface area contributed by atoms with Crippen molar-refractivity contribution < 1.29 is 9.84 Å². The van der Waals surface area contributed by atoms with Crippen LogP contribution in [0.1, 0.15) is 11.5 Å². The average molecular weight is 244 g/mol. The van der Waals surface area contributed by atoms with Gasteiger partial charge in [-0.15, -0.1) is 0 Å². The predicted octanol–water partition coefficient (Wildman–Crippen LogP) is 2.37. The highest BCUT2D eigenvalue weighted by Gasteiger charge is 2.11. The quantitative estimate of drug-likeness (QED) is 0.884. The predicted molar refractivity (Wildman–Crippen MR) is 55.9 cm³/mol. The van der Waals surface area contributed by atoms with Crippen molar-refractivity contribution in [3.05, 3.63) is 35.2 Å². The molecule has 1 aromatic rings. The smallest absolute Gasteiger partial charge is 0.133 e. The van der Waals surface area contributed by atoms with E-state index >= 15 is 0 Å². The number of aliphatic hydroxyl groups is 1. The second-order valence-electron chi connectivity index (χ2n) is 2.74. The third-order valence-corrected chi connectivity index (χ3v) is 2.72. The number of hydrogen-bond acceptors (Lipinski definition) is 2. The molecule has 1 atom stereocenters. The van der Waals surface area contributed by atoms with E-state index in [0.29, 0.717) is 0 Å². The molecule has 1 unspecified atom stereocenters. The van der Waals surface area contributed by atoms with Crippen molar-refractivity contribution in [2.45, 2.75) is 5.92 Å². The summed E-state index contributed by atoms with van der Waals surface area (Å²) < 4.78 is 5.99. The SMILES string of the molecule is [CH2]C(CO)c1cccc(OC)c1Br. The summed E-state index contributed by atoms with van der Waals surface area (Å²) in [5, 5.41) is 8.95. The molecule has 1 aromatic carbocycles. The van der Waals surface area contributed by atoms with Crippen molar-refractivity contribution in [2.75, 3.05) is 13.7 Å². The summed E-state index contributed by atoms with van der Waals surface area (Å²) in [4.78, 5) is 0. The monoisotopic (exact) mass is 243 g/mol. The molecule has 0 bridgehead atoms. The lowest BCUT2D eigenvalue weighted by atomic mass is 10.0. The van der Waals surface area contributed by atoms with E-state index in [9.17, 15) is 0 Å². The second-order valence-corrected chi connectivity index (χ2v) is 3.54. The lowest BCUT2D eigenvalue weighted by molar-refractivity contribution is 0.282. The molecule has 71 valence electrons. The maximum atomic E-state index is 8.95. The molecule has 3 heteroatoms. The van der Waals surface area contributed by atoms with E-state index in [1.165, 1.54) is 0 Å². The first kappa shape index (κ1) is 10.5. The molecule has 1 N–H and O–H groups in total. The normalized spacial score (nSPS) is 12.6. The van der Waals surface area contributed by atoms with Gasteiger partial charge in [-0.25, -0.2) is 0 Å². The fourth-order valence-electron chi connectivity index (χ4n) is 1.10. The van der Waals surface area contributed by atoms with Gasteiger partial charge < -0.3 is 9.84 Å². The number of aliphatic hydroxyl groups excluding tert-OH is 1. The zero-order chi connectivity index (χ0) is 9.84. The first-order valence-electron chi connectivity index (χ1n) is 3.97. The Kier molecular flexibility index (Phi) is 3.75. The molecule has 0 spiro atoms. The summed E-state index contributed by atoms with van der Waals surface area (Å²) in [5.74, 6) is 0.643. The highest BCUT2D eigenvalue weighted by atomic mass is 79.9. The summed E-state index contributed by atoms with van der Waals surface area (Å²) in [6.07, 6.45) is 0. The molecule has 1 radical (unpaired) electrons. The molecule has 0 aliphatic rings. The molecular formula is C10H12BrO2. The Morgan fingerprint density at radius 2 is 2.31 bits per heavy atom. The van der Waals surface area contributed by atoms with Gasteiger partial charge in [-0.3, -0.25) is 0 Å². The maximum absolute atomic E-state index is 8.95. The molecule has 0 aromatic heterocycles. The van der Waals surface area contributed by atoms with Crippen molar-refractivity contribution >= 4 is 15.9 Å². The first-order chi connectivity index (χ1) is 6.20. The molecule has 0 aliphatic heterocycles.